The molecule has 8 heteroatoms. The van der Waals surface area contributed by atoms with Crippen LogP contribution < -0.4 is 19.1 Å². The highest BCUT2D eigenvalue weighted by Crippen LogP contribution is 2.44. The molecule has 0 amide bonds. The minimum atomic E-state index is -1.52. The molecule has 0 bridgehead atoms. The molecule has 2 aliphatic heterocycles. The van der Waals surface area contributed by atoms with Crippen LogP contribution in [0.1, 0.15) is 69.2 Å². The van der Waals surface area contributed by atoms with Gasteiger partial charge in [-0.25, -0.2) is 4.79 Å². The van der Waals surface area contributed by atoms with E-state index in [0.29, 0.717) is 30.2 Å². The molecule has 0 radical (unpaired) electrons. The van der Waals surface area contributed by atoms with Crippen molar-refractivity contribution < 1.29 is 33.7 Å². The van der Waals surface area contributed by atoms with E-state index >= 15 is 0 Å². The first-order chi connectivity index (χ1) is 15.4. The third-order valence-corrected chi connectivity index (χ3v) is 6.10. The van der Waals surface area contributed by atoms with Crippen molar-refractivity contribution in [3.63, 3.8) is 0 Å². The third-order valence-electron chi connectivity index (χ3n) is 6.10. The number of unbranched alkanes of at least 4 members (excludes halogenated alkanes) is 6. The van der Waals surface area contributed by atoms with Gasteiger partial charge in [-0.1, -0.05) is 39.0 Å². The molecule has 0 spiro atoms. The van der Waals surface area contributed by atoms with Gasteiger partial charge in [-0.3, -0.25) is 9.28 Å². The van der Waals surface area contributed by atoms with Gasteiger partial charge in [-0.15, -0.1) is 0 Å². The van der Waals surface area contributed by atoms with E-state index in [2.05, 4.69) is 6.92 Å². The second-order valence-electron chi connectivity index (χ2n) is 8.24. The SMILES string of the molecule is CCCCCCCCC[N+]1(CC)C=C(C(=O)OCC(=O)[O-])C(=O)c2cc3c(cc21)OCO3. The van der Waals surface area contributed by atoms with Crippen molar-refractivity contribution >= 4 is 23.4 Å². The summed E-state index contributed by atoms with van der Waals surface area (Å²) in [5.74, 6) is -1.97. The number of fused-ring (bicyclic) bond motifs is 2. The minimum Gasteiger partial charge on any atom is -0.546 e. The predicted molar refractivity (Wildman–Crippen MR) is 116 cm³/mol. The fraction of sp³-hybridized carbons (Fsp3) is 0.542. The van der Waals surface area contributed by atoms with Crippen LogP contribution in [-0.4, -0.2) is 44.2 Å². The molecule has 3 rings (SSSR count). The highest BCUT2D eigenvalue weighted by Gasteiger charge is 2.42. The van der Waals surface area contributed by atoms with Crippen LogP contribution in [0, 0.1) is 0 Å². The van der Waals surface area contributed by atoms with Crippen LogP contribution in [0.4, 0.5) is 5.69 Å². The van der Waals surface area contributed by atoms with Crippen LogP contribution >= 0.6 is 0 Å². The number of rotatable bonds is 12. The standard InChI is InChI=1S/C24H31NO7/c1-3-5-6-7-8-9-10-11-25(4-2)14-18(24(29)30-15-22(26)27)23(28)17-12-20-21(13-19(17)25)32-16-31-20/h12-14H,3-11,15-16H2,1-2H3. The van der Waals surface area contributed by atoms with Gasteiger partial charge in [0.1, 0.15) is 12.8 Å². The zero-order valence-corrected chi connectivity index (χ0v) is 18.8. The molecule has 1 aromatic carbocycles. The lowest BCUT2D eigenvalue weighted by atomic mass is 9.94. The first kappa shape index (κ1) is 23.8. The number of benzene rings is 1. The van der Waals surface area contributed by atoms with Gasteiger partial charge in [0.15, 0.2) is 22.8 Å². The summed E-state index contributed by atoms with van der Waals surface area (Å²) in [7, 11) is 0. The van der Waals surface area contributed by atoms with Crippen molar-refractivity contribution in [3.8, 4) is 11.5 Å². The molecule has 1 atom stereocenters. The van der Waals surface area contributed by atoms with Gasteiger partial charge >= 0.3 is 5.97 Å². The van der Waals surface area contributed by atoms with Gasteiger partial charge in [0.25, 0.3) is 0 Å². The van der Waals surface area contributed by atoms with E-state index in [4.69, 9.17) is 14.2 Å². The molecule has 0 aliphatic carbocycles. The molecule has 2 aliphatic rings. The Balaban J connectivity index is 1.88. The Labute approximate surface area is 188 Å². The van der Waals surface area contributed by atoms with E-state index in [9.17, 15) is 19.5 Å². The average molecular weight is 446 g/mol. The van der Waals surface area contributed by atoms with E-state index in [0.717, 1.165) is 24.9 Å². The Morgan fingerprint density at radius 3 is 2.34 bits per heavy atom. The molecule has 0 saturated heterocycles. The van der Waals surface area contributed by atoms with Crippen molar-refractivity contribution in [3.05, 3.63) is 29.5 Å². The van der Waals surface area contributed by atoms with Crippen LogP contribution in [0.5, 0.6) is 11.5 Å². The van der Waals surface area contributed by atoms with Crippen molar-refractivity contribution in [2.75, 3.05) is 26.5 Å². The monoisotopic (exact) mass is 445 g/mol. The molecular weight excluding hydrogens is 414 g/mol. The highest BCUT2D eigenvalue weighted by atomic mass is 16.7. The van der Waals surface area contributed by atoms with E-state index in [1.165, 1.54) is 25.7 Å². The molecular formula is C24H31NO7. The Kier molecular flexibility index (Phi) is 7.90. The fourth-order valence-corrected chi connectivity index (χ4v) is 4.31. The third kappa shape index (κ3) is 5.12. The molecule has 174 valence electrons. The van der Waals surface area contributed by atoms with Gasteiger partial charge < -0.3 is 24.1 Å². The summed E-state index contributed by atoms with van der Waals surface area (Å²) >= 11 is 0. The lowest BCUT2D eigenvalue weighted by Gasteiger charge is -2.37. The first-order valence-corrected chi connectivity index (χ1v) is 11.4. The van der Waals surface area contributed by atoms with Crippen LogP contribution in [0.25, 0.3) is 0 Å². The number of quaternary nitrogens is 1. The maximum atomic E-state index is 13.1. The smallest absolute Gasteiger partial charge is 0.348 e. The van der Waals surface area contributed by atoms with Gasteiger partial charge in [0, 0.05) is 12.1 Å². The fourth-order valence-electron chi connectivity index (χ4n) is 4.31. The Morgan fingerprint density at radius 2 is 1.69 bits per heavy atom. The van der Waals surface area contributed by atoms with Gasteiger partial charge in [0.2, 0.25) is 12.6 Å². The van der Waals surface area contributed by atoms with Crippen molar-refractivity contribution in [2.45, 2.75) is 58.8 Å². The van der Waals surface area contributed by atoms with Crippen LogP contribution in [0.3, 0.4) is 0 Å². The quantitative estimate of drug-likeness (QED) is 0.211. The summed E-state index contributed by atoms with van der Waals surface area (Å²) in [5, 5.41) is 10.7. The summed E-state index contributed by atoms with van der Waals surface area (Å²) < 4.78 is 16.0. The topological polar surface area (TPSA) is 102 Å². The van der Waals surface area contributed by atoms with Crippen molar-refractivity contribution in [1.29, 1.82) is 0 Å². The molecule has 1 aromatic rings. The van der Waals surface area contributed by atoms with E-state index in [1.807, 2.05) is 13.0 Å². The number of esters is 1. The van der Waals surface area contributed by atoms with Crippen molar-refractivity contribution in [2.24, 2.45) is 0 Å². The predicted octanol–water partition coefficient (Wildman–Crippen LogP) is 2.87. The number of carboxylic acids is 1. The van der Waals surface area contributed by atoms with Crippen LogP contribution in [0.15, 0.2) is 23.9 Å². The molecule has 0 saturated carbocycles. The average Bonchev–Trinajstić information content (AvgIpc) is 3.25. The largest absolute Gasteiger partial charge is 0.546 e. The van der Waals surface area contributed by atoms with E-state index < -0.39 is 24.3 Å². The molecule has 8 nitrogen and oxygen atoms in total. The summed E-state index contributed by atoms with van der Waals surface area (Å²) in [6.45, 7) is 4.66. The number of hydrogen-bond acceptors (Lipinski definition) is 7. The summed E-state index contributed by atoms with van der Waals surface area (Å²) in [6, 6.07) is 3.42. The zero-order valence-electron chi connectivity index (χ0n) is 18.8. The number of carbonyl (C=O) groups is 3. The molecule has 32 heavy (non-hydrogen) atoms. The van der Waals surface area contributed by atoms with Gasteiger partial charge in [-0.05, 0) is 19.8 Å². The van der Waals surface area contributed by atoms with Gasteiger partial charge in [-0.2, -0.15) is 0 Å². The second-order valence-corrected chi connectivity index (χ2v) is 8.24. The van der Waals surface area contributed by atoms with Crippen molar-refractivity contribution in [1.82, 2.24) is 4.48 Å². The highest BCUT2D eigenvalue weighted by molar-refractivity contribution is 6.27. The number of ether oxygens (including phenoxy) is 3. The lowest BCUT2D eigenvalue weighted by molar-refractivity contribution is -0.308. The number of hydrogen-bond donors (Lipinski definition) is 0. The molecule has 0 N–H and O–H groups in total. The summed E-state index contributed by atoms with van der Waals surface area (Å²) in [5.41, 5.74) is 0.938. The second kappa shape index (κ2) is 10.6. The number of carbonyl (C=O) groups excluding carboxylic acids is 3. The normalized spacial score (nSPS) is 18.8. The number of nitrogens with zero attached hydrogens (tertiary/aromatic N) is 1. The maximum absolute atomic E-state index is 13.1. The molecule has 0 aromatic heterocycles. The number of aliphatic carboxylic acids is 1. The number of Topliss-reactive ketones (excluding diaryl/α,β-unsaturated/α-hetero) is 1. The Hall–Kier alpha value is -2.87. The maximum Gasteiger partial charge on any atom is 0.348 e. The lowest BCUT2D eigenvalue weighted by Crippen LogP contribution is -2.49. The molecule has 1 unspecified atom stereocenters. The first-order valence-electron chi connectivity index (χ1n) is 11.4. The van der Waals surface area contributed by atoms with Crippen LogP contribution in [0.2, 0.25) is 0 Å². The van der Waals surface area contributed by atoms with Gasteiger partial charge in [0.05, 0.1) is 24.6 Å². The minimum absolute atomic E-state index is 0.0737. The number of carboxylic acid groups (broad SMARTS) is 1. The molecule has 0 fully saturated rings. The van der Waals surface area contributed by atoms with Crippen LogP contribution in [-0.2, 0) is 14.3 Å². The number of ketones is 1. The summed E-state index contributed by atoms with van der Waals surface area (Å²) in [4.78, 5) is 36.4. The Bertz CT molecular complexity index is 908. The zero-order chi connectivity index (χ0) is 23.1. The van der Waals surface area contributed by atoms with E-state index in [1.54, 1.807) is 12.3 Å². The molecule has 2 heterocycles. The van der Waals surface area contributed by atoms with E-state index in [-0.39, 0.29) is 16.8 Å². The Morgan fingerprint density at radius 1 is 1.03 bits per heavy atom. The summed E-state index contributed by atoms with van der Waals surface area (Å²) in [6.07, 6.45) is 9.61.